The summed E-state index contributed by atoms with van der Waals surface area (Å²) in [5.74, 6) is 0.684. The molecule has 0 atom stereocenters. The molecule has 0 unspecified atom stereocenters. The van der Waals surface area contributed by atoms with Gasteiger partial charge in [0.2, 0.25) is 0 Å². The Balaban J connectivity index is 1.08. The summed E-state index contributed by atoms with van der Waals surface area (Å²) < 4.78 is 1.03. The van der Waals surface area contributed by atoms with E-state index in [1.165, 1.54) is 16.9 Å². The van der Waals surface area contributed by atoms with E-state index in [-0.39, 0.29) is 17.5 Å². The Labute approximate surface area is 297 Å². The lowest BCUT2D eigenvalue weighted by atomic mass is 9.92. The molecule has 9 nitrogen and oxygen atoms in total. The number of amides is 1. The van der Waals surface area contributed by atoms with E-state index in [9.17, 15) is 14.4 Å². The van der Waals surface area contributed by atoms with Crippen LogP contribution in [0.2, 0.25) is 0 Å². The third-order valence-corrected chi connectivity index (χ3v) is 10.9. The van der Waals surface area contributed by atoms with Crippen LogP contribution in [0.4, 0.5) is 10.9 Å². The molecular weight excluding hydrogens is 645 g/mol. The highest BCUT2D eigenvalue weighted by molar-refractivity contribution is 7.22. The number of nitrogens with zero attached hydrogens (tertiary/aromatic N) is 5. The van der Waals surface area contributed by atoms with Crippen LogP contribution < -0.4 is 10.2 Å². The van der Waals surface area contributed by atoms with Crippen molar-refractivity contribution in [2.75, 3.05) is 56.0 Å². The molecule has 10 heteroatoms. The highest BCUT2D eigenvalue weighted by Gasteiger charge is 2.25. The van der Waals surface area contributed by atoms with E-state index in [0.29, 0.717) is 29.5 Å². The maximum Gasteiger partial charge on any atom is 0.257 e. The standard InChI is InChI=1S/C40H42N6O3S/c1-26(47)24-45-22-20-44(21-23-45)18-16-29-8-6-10-31(27(29)2)32-14-15-37(42-38(32)28(3)48)46-19-17-30-9-7-11-33(34(30)25-46)39(49)43-40-41-35-12-4-5-13-36(35)50-40/h4-15H,16-25H2,1-3H3,(H,41,43,49). The van der Waals surface area contributed by atoms with E-state index < -0.39 is 0 Å². The minimum atomic E-state index is -0.180. The van der Waals surface area contributed by atoms with Gasteiger partial charge in [-0.25, -0.2) is 9.97 Å². The number of anilines is 2. The van der Waals surface area contributed by atoms with Crippen molar-refractivity contribution in [2.45, 2.75) is 40.2 Å². The molecule has 7 rings (SSSR count). The number of thiazole rings is 1. The number of nitrogens with one attached hydrogen (secondary N) is 1. The van der Waals surface area contributed by atoms with Gasteiger partial charge in [0.25, 0.3) is 5.91 Å². The zero-order chi connectivity index (χ0) is 34.8. The molecule has 4 heterocycles. The Morgan fingerprint density at radius 2 is 1.60 bits per heavy atom. The fraction of sp³-hybridized carbons (Fsp3) is 0.325. The largest absolute Gasteiger partial charge is 0.352 e. The number of hydrogen-bond acceptors (Lipinski definition) is 9. The van der Waals surface area contributed by atoms with Gasteiger partial charge in [-0.2, -0.15) is 0 Å². The highest BCUT2D eigenvalue weighted by atomic mass is 32.1. The molecule has 1 N–H and O–H groups in total. The quantitative estimate of drug-likeness (QED) is 0.168. The first-order valence-corrected chi connectivity index (χ1v) is 18.1. The summed E-state index contributed by atoms with van der Waals surface area (Å²) in [5, 5.41) is 3.60. The lowest BCUT2D eigenvalue weighted by Crippen LogP contribution is -2.48. The van der Waals surface area contributed by atoms with Crippen molar-refractivity contribution in [3.05, 3.63) is 106 Å². The Bertz CT molecular complexity index is 2050. The first-order chi connectivity index (χ1) is 24.2. The van der Waals surface area contributed by atoms with Crippen molar-refractivity contribution < 1.29 is 14.4 Å². The Hall–Kier alpha value is -4.77. The lowest BCUT2D eigenvalue weighted by Gasteiger charge is -2.34. The molecule has 5 aromatic rings. The van der Waals surface area contributed by atoms with E-state index in [1.54, 1.807) is 13.8 Å². The maximum atomic E-state index is 13.6. The smallest absolute Gasteiger partial charge is 0.257 e. The lowest BCUT2D eigenvalue weighted by molar-refractivity contribution is -0.118. The van der Waals surface area contributed by atoms with Crippen LogP contribution in [0, 0.1) is 6.92 Å². The molecule has 1 amide bonds. The predicted octanol–water partition coefficient (Wildman–Crippen LogP) is 6.43. The summed E-state index contributed by atoms with van der Waals surface area (Å²) in [6.07, 6.45) is 1.68. The van der Waals surface area contributed by atoms with Crippen molar-refractivity contribution in [3.63, 3.8) is 0 Å². The van der Waals surface area contributed by atoms with Gasteiger partial charge >= 0.3 is 0 Å². The number of para-hydroxylation sites is 1. The third-order valence-electron chi connectivity index (χ3n) is 9.91. The summed E-state index contributed by atoms with van der Waals surface area (Å²) in [6.45, 7) is 11.9. The van der Waals surface area contributed by atoms with Crippen LogP contribution in [0.1, 0.15) is 56.9 Å². The van der Waals surface area contributed by atoms with Crippen molar-refractivity contribution in [2.24, 2.45) is 0 Å². The van der Waals surface area contributed by atoms with Crippen LogP contribution in [0.25, 0.3) is 21.3 Å². The SMILES string of the molecule is CC(=O)CN1CCN(CCc2cccc(-c3ccc(N4CCc5cccc(C(=O)Nc6nc7ccccc7s6)c5C4)nc3C(C)=O)c2C)CC1. The monoisotopic (exact) mass is 686 g/mol. The number of Topliss-reactive ketones (excluding diaryl/α,β-unsaturated/α-hetero) is 2. The molecule has 2 aliphatic rings. The molecule has 1 fully saturated rings. The number of pyridine rings is 1. The fourth-order valence-corrected chi connectivity index (χ4v) is 8.06. The molecule has 0 saturated carbocycles. The van der Waals surface area contributed by atoms with E-state index in [1.807, 2.05) is 48.5 Å². The summed E-state index contributed by atoms with van der Waals surface area (Å²) in [7, 11) is 0. The van der Waals surface area contributed by atoms with Crippen LogP contribution in [0.3, 0.4) is 0 Å². The molecule has 256 valence electrons. The maximum absolute atomic E-state index is 13.6. The number of piperazine rings is 1. The van der Waals surface area contributed by atoms with Crippen molar-refractivity contribution >= 4 is 50.0 Å². The average molecular weight is 687 g/mol. The van der Waals surface area contributed by atoms with Crippen molar-refractivity contribution in [1.29, 1.82) is 0 Å². The second kappa shape index (κ2) is 14.6. The minimum Gasteiger partial charge on any atom is -0.352 e. The molecular formula is C40H42N6O3S. The summed E-state index contributed by atoms with van der Waals surface area (Å²) >= 11 is 1.46. The van der Waals surface area contributed by atoms with Gasteiger partial charge in [-0.05, 0) is 84.8 Å². The fourth-order valence-electron chi connectivity index (χ4n) is 7.20. The number of benzene rings is 3. The average Bonchev–Trinajstić information content (AvgIpc) is 3.53. The molecule has 0 spiro atoms. The van der Waals surface area contributed by atoms with Crippen LogP contribution in [-0.4, -0.2) is 83.1 Å². The van der Waals surface area contributed by atoms with Crippen LogP contribution >= 0.6 is 11.3 Å². The topological polar surface area (TPSA) is 98.7 Å². The summed E-state index contributed by atoms with van der Waals surface area (Å²) in [4.78, 5) is 54.6. The highest BCUT2D eigenvalue weighted by Crippen LogP contribution is 2.33. The third kappa shape index (κ3) is 7.23. The first kappa shape index (κ1) is 33.7. The Morgan fingerprint density at radius 1 is 0.820 bits per heavy atom. The van der Waals surface area contributed by atoms with Gasteiger partial charge in [0.1, 0.15) is 17.3 Å². The van der Waals surface area contributed by atoms with Crippen LogP contribution in [0.15, 0.2) is 72.8 Å². The normalized spacial score (nSPS) is 15.2. The molecule has 0 aliphatic carbocycles. The van der Waals surface area contributed by atoms with Gasteiger partial charge in [-0.1, -0.05) is 53.8 Å². The number of carbonyl (C=O) groups excluding carboxylic acids is 3. The van der Waals surface area contributed by atoms with Crippen LogP contribution in [0.5, 0.6) is 0 Å². The van der Waals surface area contributed by atoms with E-state index in [0.717, 1.165) is 96.0 Å². The molecule has 0 radical (unpaired) electrons. The molecule has 3 aromatic carbocycles. The number of ketones is 2. The van der Waals surface area contributed by atoms with Gasteiger partial charge in [-0.15, -0.1) is 0 Å². The molecule has 2 aromatic heterocycles. The van der Waals surface area contributed by atoms with Gasteiger partial charge in [0.15, 0.2) is 10.9 Å². The van der Waals surface area contributed by atoms with E-state index in [4.69, 9.17) is 4.98 Å². The van der Waals surface area contributed by atoms with E-state index >= 15 is 0 Å². The first-order valence-electron chi connectivity index (χ1n) is 17.3. The Kier molecular flexibility index (Phi) is 9.85. The number of carbonyl (C=O) groups is 3. The minimum absolute atomic E-state index is 0.0802. The number of rotatable bonds is 10. The molecule has 50 heavy (non-hydrogen) atoms. The number of fused-ring (bicyclic) bond motifs is 2. The van der Waals surface area contributed by atoms with Gasteiger partial charge < -0.3 is 9.80 Å². The van der Waals surface area contributed by atoms with Gasteiger partial charge in [-0.3, -0.25) is 24.6 Å². The van der Waals surface area contributed by atoms with Crippen molar-refractivity contribution in [1.82, 2.24) is 19.8 Å². The zero-order valence-electron chi connectivity index (χ0n) is 28.9. The second-order valence-electron chi connectivity index (χ2n) is 13.3. The molecule has 1 saturated heterocycles. The number of hydrogen-bond donors (Lipinski definition) is 1. The number of aromatic nitrogens is 2. The summed E-state index contributed by atoms with van der Waals surface area (Å²) in [5.41, 5.74) is 8.35. The van der Waals surface area contributed by atoms with Gasteiger partial charge in [0, 0.05) is 63.9 Å². The van der Waals surface area contributed by atoms with Gasteiger partial charge in [0.05, 0.1) is 16.8 Å². The second-order valence-corrected chi connectivity index (χ2v) is 14.4. The van der Waals surface area contributed by atoms with Crippen LogP contribution in [-0.2, 0) is 24.2 Å². The summed E-state index contributed by atoms with van der Waals surface area (Å²) in [6, 6.07) is 24.1. The molecule has 0 bridgehead atoms. The Morgan fingerprint density at radius 3 is 2.38 bits per heavy atom. The molecule has 2 aliphatic heterocycles. The predicted molar refractivity (Wildman–Crippen MR) is 200 cm³/mol. The van der Waals surface area contributed by atoms with Crippen molar-refractivity contribution in [3.8, 4) is 11.1 Å². The zero-order valence-corrected chi connectivity index (χ0v) is 29.7. The van der Waals surface area contributed by atoms with E-state index in [2.05, 4.69) is 56.2 Å².